The molecule has 0 heterocycles. The number of hydrogen-bond donors (Lipinski definition) is 0. The third-order valence-corrected chi connectivity index (χ3v) is 11.2. The van der Waals surface area contributed by atoms with Crippen molar-refractivity contribution in [2.45, 2.75) is 48.4 Å². The van der Waals surface area contributed by atoms with E-state index in [4.69, 9.17) is 0 Å². The first kappa shape index (κ1) is 21.5. The van der Waals surface area contributed by atoms with Gasteiger partial charge in [-0.05, 0) is 12.8 Å². The van der Waals surface area contributed by atoms with Crippen LogP contribution in [0.1, 0.15) is 32.1 Å². The predicted octanol–water partition coefficient (Wildman–Crippen LogP) is 2.05. The Labute approximate surface area is 134 Å². The van der Waals surface area contributed by atoms with Gasteiger partial charge < -0.3 is 0 Å². The van der Waals surface area contributed by atoms with Crippen LogP contribution in [0.2, 0.25) is 0 Å². The molecule has 0 unspecified atom stereocenters. The minimum atomic E-state index is -7.27. The smallest absolute Gasteiger partial charge is 0.260 e. The van der Waals surface area contributed by atoms with Gasteiger partial charge in [0.25, 0.3) is 0 Å². The Balaban J connectivity index is 3.69. The highest BCUT2D eigenvalue weighted by atomic mass is 32.3. The van der Waals surface area contributed by atoms with Crippen LogP contribution in [0, 0.1) is 3.91 Å². The maximum atomic E-state index is 12.6. The third kappa shape index (κ3) is 3.66. The number of alkyl halides is 6. The van der Waals surface area contributed by atoms with Gasteiger partial charge >= 0.3 is 11.0 Å². The van der Waals surface area contributed by atoms with Gasteiger partial charge in [-0.25, -0.2) is 0 Å². The third-order valence-electron chi connectivity index (χ3n) is 3.27. The van der Waals surface area contributed by atoms with Crippen LogP contribution < -0.4 is 0 Å². The highest BCUT2D eigenvalue weighted by Crippen LogP contribution is 2.46. The zero-order valence-corrected chi connectivity index (χ0v) is 14.0. The summed E-state index contributed by atoms with van der Waals surface area (Å²) in [6.45, 7) is 0. The molecule has 144 valence electrons. The van der Waals surface area contributed by atoms with Crippen molar-refractivity contribution in [1.82, 2.24) is 0 Å². The maximum Gasteiger partial charge on any atom is 0.470 e. The lowest BCUT2D eigenvalue weighted by atomic mass is 10.0. The molecule has 0 aromatic carbocycles. The van der Waals surface area contributed by atoms with E-state index in [1.54, 1.807) is 0 Å². The number of sulfone groups is 3. The predicted molar refractivity (Wildman–Crippen MR) is 69.0 cm³/mol. The molecule has 1 aliphatic rings. The average molecular weight is 425 g/mol. The fourth-order valence-electron chi connectivity index (χ4n) is 2.15. The zero-order valence-electron chi connectivity index (χ0n) is 11.6. The second-order valence-electron chi connectivity index (χ2n) is 4.95. The molecule has 24 heavy (non-hydrogen) atoms. The summed E-state index contributed by atoms with van der Waals surface area (Å²) in [6.07, 6.45) is -0.261. The van der Waals surface area contributed by atoms with Crippen molar-refractivity contribution in [2.75, 3.05) is 0 Å². The monoisotopic (exact) mass is 425 g/mol. The second kappa shape index (κ2) is 6.30. The minimum Gasteiger partial charge on any atom is -0.260 e. The molecule has 0 amide bonds. The van der Waals surface area contributed by atoms with Crippen LogP contribution >= 0.6 is 0 Å². The average Bonchev–Trinajstić information content (AvgIpc) is 2.36. The first-order chi connectivity index (χ1) is 10.5. The first-order valence-corrected chi connectivity index (χ1v) is 10.7. The lowest BCUT2D eigenvalue weighted by molar-refractivity contribution is -0.0449. The van der Waals surface area contributed by atoms with Crippen molar-refractivity contribution in [3.63, 3.8) is 0 Å². The maximum absolute atomic E-state index is 12.6. The van der Waals surface area contributed by atoms with Crippen LogP contribution in [0.4, 0.5) is 26.3 Å². The van der Waals surface area contributed by atoms with Gasteiger partial charge in [0.05, 0.1) is 13.8 Å². The summed E-state index contributed by atoms with van der Waals surface area (Å²) < 4.78 is 141. The van der Waals surface area contributed by atoms with Crippen LogP contribution in [0.5, 0.6) is 0 Å². The van der Waals surface area contributed by atoms with Crippen molar-refractivity contribution < 1.29 is 51.6 Å². The molecule has 1 rings (SSSR count). The van der Waals surface area contributed by atoms with E-state index in [0.717, 1.165) is 0 Å². The molecule has 0 N–H and O–H groups in total. The minimum absolute atomic E-state index is 0.0926. The molecule has 0 aromatic rings. The first-order valence-electron chi connectivity index (χ1n) is 6.21. The summed E-state index contributed by atoms with van der Waals surface area (Å²) >= 11 is 0. The quantitative estimate of drug-likeness (QED) is 0.505. The molecule has 0 bridgehead atoms. The topological polar surface area (TPSA) is 102 Å². The molecule has 0 radical (unpaired) electrons. The number of halogens is 6. The van der Waals surface area contributed by atoms with Crippen molar-refractivity contribution in [3.8, 4) is 0 Å². The molecule has 1 saturated carbocycles. The van der Waals surface area contributed by atoms with Crippen molar-refractivity contribution in [1.29, 1.82) is 0 Å². The van der Waals surface area contributed by atoms with Gasteiger partial charge in [-0.2, -0.15) is 26.3 Å². The summed E-state index contributed by atoms with van der Waals surface area (Å²) in [7, 11) is -20.4. The normalized spacial score (nSPS) is 19.6. The van der Waals surface area contributed by atoms with Gasteiger partial charge in [-0.1, -0.05) is 19.3 Å². The van der Waals surface area contributed by atoms with E-state index in [2.05, 4.69) is 0 Å². The standard InChI is InChI=1S/C9H11F6O6S3/c10-8(11,12)23(18,19)7(24(20,21)9(13,14)15)22(16,17)6-4-2-1-3-5-6/h6H,1-5H2/q-1. The zero-order chi connectivity index (χ0) is 19.2. The largest absolute Gasteiger partial charge is 0.470 e. The van der Waals surface area contributed by atoms with Crippen LogP contribution in [0.3, 0.4) is 0 Å². The SMILES string of the molecule is O=S(=O)([C-](S(=O)(=O)C(F)(F)F)S(=O)(=O)C(F)(F)F)C1CCCCC1. The molecule has 0 aliphatic heterocycles. The molecule has 6 nitrogen and oxygen atoms in total. The van der Waals surface area contributed by atoms with Crippen molar-refractivity contribution in [3.05, 3.63) is 3.91 Å². The summed E-state index contributed by atoms with van der Waals surface area (Å²) in [5.41, 5.74) is -13.1. The van der Waals surface area contributed by atoms with E-state index in [0.29, 0.717) is 6.42 Å². The van der Waals surface area contributed by atoms with Gasteiger partial charge in [-0.3, -0.25) is 25.3 Å². The van der Waals surface area contributed by atoms with E-state index in [1.165, 1.54) is 0 Å². The van der Waals surface area contributed by atoms with Gasteiger partial charge in [-0.15, -0.1) is 0 Å². The molecular weight excluding hydrogens is 414 g/mol. The Morgan fingerprint density at radius 3 is 1.29 bits per heavy atom. The van der Waals surface area contributed by atoms with Crippen molar-refractivity contribution in [2.24, 2.45) is 0 Å². The number of rotatable bonds is 4. The molecule has 1 fully saturated rings. The fourth-order valence-corrected chi connectivity index (χ4v) is 9.31. The van der Waals surface area contributed by atoms with Crippen LogP contribution in [-0.2, 0) is 29.5 Å². The molecule has 15 heteroatoms. The van der Waals surface area contributed by atoms with E-state index in [-0.39, 0.29) is 12.8 Å². The fraction of sp³-hybridized carbons (Fsp3) is 0.889. The molecule has 0 atom stereocenters. The van der Waals surface area contributed by atoms with Crippen molar-refractivity contribution >= 4 is 29.5 Å². The van der Waals surface area contributed by atoms with Gasteiger partial charge in [0.2, 0.25) is 0 Å². The van der Waals surface area contributed by atoms with E-state index < -0.39 is 62.5 Å². The Bertz CT molecular complexity index is 727. The molecular formula is C9H11F6O6S3-. The summed E-state index contributed by atoms with van der Waals surface area (Å²) in [4.78, 5) is 0. The van der Waals surface area contributed by atoms with Crippen LogP contribution in [0.25, 0.3) is 0 Å². The van der Waals surface area contributed by atoms with Gasteiger partial charge in [0.1, 0.15) is 0 Å². The van der Waals surface area contributed by atoms with E-state index in [9.17, 15) is 51.6 Å². The molecule has 0 saturated heterocycles. The summed E-state index contributed by atoms with van der Waals surface area (Å²) in [5.74, 6) is 0. The summed E-state index contributed by atoms with van der Waals surface area (Å²) in [6, 6.07) is 0. The summed E-state index contributed by atoms with van der Waals surface area (Å²) in [5, 5.41) is -1.95. The lowest BCUT2D eigenvalue weighted by Crippen LogP contribution is -2.46. The highest BCUT2D eigenvalue weighted by molar-refractivity contribution is 8.29. The van der Waals surface area contributed by atoms with Gasteiger partial charge in [0.15, 0.2) is 19.7 Å². The number of hydrogen-bond acceptors (Lipinski definition) is 6. The molecule has 1 aliphatic carbocycles. The Hall–Kier alpha value is -0.570. The Kier molecular flexibility index (Phi) is 5.64. The molecule has 0 spiro atoms. The highest BCUT2D eigenvalue weighted by Gasteiger charge is 2.59. The van der Waals surface area contributed by atoms with Crippen LogP contribution in [0.15, 0.2) is 0 Å². The Morgan fingerprint density at radius 1 is 0.667 bits per heavy atom. The van der Waals surface area contributed by atoms with Crippen LogP contribution in [-0.4, -0.2) is 41.5 Å². The van der Waals surface area contributed by atoms with E-state index >= 15 is 0 Å². The molecule has 0 aromatic heterocycles. The Morgan fingerprint density at radius 2 is 1.00 bits per heavy atom. The second-order valence-corrected chi connectivity index (χ2v) is 11.6. The lowest BCUT2D eigenvalue weighted by Gasteiger charge is -2.35. The van der Waals surface area contributed by atoms with Gasteiger partial charge in [0, 0.05) is 5.25 Å². The van der Waals surface area contributed by atoms with E-state index in [1.807, 2.05) is 0 Å².